The van der Waals surface area contributed by atoms with Gasteiger partial charge in [0.05, 0.1) is 18.5 Å². The van der Waals surface area contributed by atoms with Crippen LogP contribution in [0.4, 0.5) is 5.82 Å². The molecule has 1 amide bonds. The van der Waals surface area contributed by atoms with Crippen LogP contribution in [0.3, 0.4) is 0 Å². The van der Waals surface area contributed by atoms with Crippen molar-refractivity contribution in [1.29, 1.82) is 0 Å². The van der Waals surface area contributed by atoms with E-state index >= 15 is 0 Å². The van der Waals surface area contributed by atoms with Crippen molar-refractivity contribution in [3.63, 3.8) is 0 Å². The first-order valence-electron chi connectivity index (χ1n) is 6.94. The summed E-state index contributed by atoms with van der Waals surface area (Å²) in [5, 5.41) is 0. The predicted octanol–water partition coefficient (Wildman–Crippen LogP) is 0.793. The van der Waals surface area contributed by atoms with Crippen molar-refractivity contribution in [3.05, 3.63) is 18.1 Å². The molecule has 0 bridgehead atoms. The minimum absolute atomic E-state index is 0.122. The largest absolute Gasteiger partial charge is 0.376 e. The highest BCUT2D eigenvalue weighted by molar-refractivity contribution is 5.92. The highest BCUT2D eigenvalue weighted by Crippen LogP contribution is 2.16. The Kier molecular flexibility index (Phi) is 5.25. The molecule has 3 N–H and O–H groups in total. The number of hydrogen-bond acceptors (Lipinski definition) is 6. The number of hydrogen-bond donors (Lipinski definition) is 2. The molecule has 20 heavy (non-hydrogen) atoms. The molecule has 2 heterocycles. The lowest BCUT2D eigenvalue weighted by atomic mass is 10.1. The van der Waals surface area contributed by atoms with Crippen molar-refractivity contribution in [2.75, 3.05) is 25.1 Å². The summed E-state index contributed by atoms with van der Waals surface area (Å²) >= 11 is 0. The third-order valence-corrected chi connectivity index (χ3v) is 3.22. The summed E-state index contributed by atoms with van der Waals surface area (Å²) in [7, 11) is 0. The third kappa shape index (κ3) is 3.64. The molecule has 110 valence electrons. The van der Waals surface area contributed by atoms with Gasteiger partial charge < -0.3 is 15.1 Å². The quantitative estimate of drug-likeness (QED) is 0.611. The number of rotatable bonds is 5. The second-order valence-electron chi connectivity index (χ2n) is 4.82. The van der Waals surface area contributed by atoms with Crippen molar-refractivity contribution in [2.45, 2.75) is 32.3 Å². The van der Waals surface area contributed by atoms with Crippen LogP contribution in [-0.4, -0.2) is 46.6 Å². The van der Waals surface area contributed by atoms with Gasteiger partial charge in [-0.25, -0.2) is 10.8 Å². The molecule has 0 saturated carbocycles. The van der Waals surface area contributed by atoms with Gasteiger partial charge in [-0.1, -0.05) is 6.92 Å². The zero-order chi connectivity index (χ0) is 14.4. The predicted molar refractivity (Wildman–Crippen MR) is 75.0 cm³/mol. The van der Waals surface area contributed by atoms with Gasteiger partial charge in [0.1, 0.15) is 5.69 Å². The Balaban J connectivity index is 2.00. The number of nitrogens with two attached hydrogens (primary N) is 1. The molecule has 7 heteroatoms. The van der Waals surface area contributed by atoms with Gasteiger partial charge in [0, 0.05) is 19.7 Å². The van der Waals surface area contributed by atoms with Gasteiger partial charge in [0.15, 0.2) is 5.82 Å². The van der Waals surface area contributed by atoms with Crippen LogP contribution in [0.15, 0.2) is 12.4 Å². The van der Waals surface area contributed by atoms with Gasteiger partial charge in [-0.2, -0.15) is 0 Å². The van der Waals surface area contributed by atoms with Crippen molar-refractivity contribution in [1.82, 2.24) is 14.9 Å². The monoisotopic (exact) mass is 279 g/mol. The number of nitrogens with one attached hydrogen (secondary N) is 1. The van der Waals surface area contributed by atoms with E-state index in [1.165, 1.54) is 12.4 Å². The summed E-state index contributed by atoms with van der Waals surface area (Å²) in [5.74, 6) is 5.53. The molecule has 0 radical (unpaired) electrons. The first kappa shape index (κ1) is 14.7. The fourth-order valence-electron chi connectivity index (χ4n) is 2.24. The summed E-state index contributed by atoms with van der Waals surface area (Å²) in [6.45, 7) is 4.15. The minimum atomic E-state index is -0.126. The van der Waals surface area contributed by atoms with Crippen LogP contribution in [-0.2, 0) is 4.74 Å². The minimum Gasteiger partial charge on any atom is -0.376 e. The maximum absolute atomic E-state index is 12.4. The van der Waals surface area contributed by atoms with Crippen LogP contribution in [0.1, 0.15) is 36.7 Å². The van der Waals surface area contributed by atoms with E-state index in [1.54, 1.807) is 4.90 Å². The zero-order valence-corrected chi connectivity index (χ0v) is 11.7. The second-order valence-corrected chi connectivity index (χ2v) is 4.82. The SMILES string of the molecule is CCCOC1CCCN(C(=O)c2cncc(NN)n2)C1. The number of likely N-dealkylation sites (tertiary alicyclic amines) is 1. The van der Waals surface area contributed by atoms with Gasteiger partial charge in [0.25, 0.3) is 5.91 Å². The average Bonchev–Trinajstić information content (AvgIpc) is 2.52. The van der Waals surface area contributed by atoms with Gasteiger partial charge in [-0.15, -0.1) is 0 Å². The number of ether oxygens (including phenoxy) is 1. The molecule has 1 aromatic rings. The summed E-state index contributed by atoms with van der Waals surface area (Å²) in [4.78, 5) is 22.2. The number of carbonyl (C=O) groups is 1. The van der Waals surface area contributed by atoms with E-state index in [4.69, 9.17) is 10.6 Å². The number of carbonyl (C=O) groups excluding carboxylic acids is 1. The molecule has 1 aromatic heterocycles. The van der Waals surface area contributed by atoms with Crippen molar-refractivity contribution in [2.24, 2.45) is 5.84 Å². The standard InChI is InChI=1S/C13H21N5O2/c1-2-6-20-10-4-3-5-18(9-10)13(19)11-7-15-8-12(16-11)17-14/h7-8,10H,2-6,9,14H2,1H3,(H,16,17). The molecule has 0 aliphatic carbocycles. The zero-order valence-electron chi connectivity index (χ0n) is 11.7. The van der Waals surface area contributed by atoms with E-state index < -0.39 is 0 Å². The Labute approximate surface area is 118 Å². The summed E-state index contributed by atoms with van der Waals surface area (Å²) in [6.07, 6.45) is 5.98. The number of hydrazine groups is 1. The molecule has 1 unspecified atom stereocenters. The Morgan fingerprint density at radius 3 is 3.20 bits per heavy atom. The van der Waals surface area contributed by atoms with Gasteiger partial charge in [-0.3, -0.25) is 9.78 Å². The van der Waals surface area contributed by atoms with Crippen LogP contribution in [0.5, 0.6) is 0 Å². The molecule has 0 spiro atoms. The molecule has 0 aromatic carbocycles. The topological polar surface area (TPSA) is 93.4 Å². The van der Waals surface area contributed by atoms with E-state index in [-0.39, 0.29) is 12.0 Å². The van der Waals surface area contributed by atoms with Crippen molar-refractivity contribution >= 4 is 11.7 Å². The van der Waals surface area contributed by atoms with Crippen LogP contribution in [0.2, 0.25) is 0 Å². The number of piperidine rings is 1. The van der Waals surface area contributed by atoms with Crippen LogP contribution in [0, 0.1) is 0 Å². The summed E-state index contributed by atoms with van der Waals surface area (Å²) in [6, 6.07) is 0. The average molecular weight is 279 g/mol. The Morgan fingerprint density at radius 2 is 2.45 bits per heavy atom. The highest BCUT2D eigenvalue weighted by atomic mass is 16.5. The first-order valence-corrected chi connectivity index (χ1v) is 6.94. The summed E-state index contributed by atoms with van der Waals surface area (Å²) < 4.78 is 5.73. The maximum Gasteiger partial charge on any atom is 0.274 e. The lowest BCUT2D eigenvalue weighted by Gasteiger charge is -2.32. The van der Waals surface area contributed by atoms with Gasteiger partial charge >= 0.3 is 0 Å². The maximum atomic E-state index is 12.4. The highest BCUT2D eigenvalue weighted by Gasteiger charge is 2.25. The molecular formula is C13H21N5O2. The van der Waals surface area contributed by atoms with Gasteiger partial charge in [-0.05, 0) is 19.3 Å². The molecule has 1 fully saturated rings. The van der Waals surface area contributed by atoms with E-state index in [0.717, 1.165) is 32.4 Å². The lowest BCUT2D eigenvalue weighted by molar-refractivity contribution is 0.00191. The number of nitrogen functional groups attached to an aromatic ring is 1. The fourth-order valence-corrected chi connectivity index (χ4v) is 2.24. The third-order valence-electron chi connectivity index (χ3n) is 3.22. The normalized spacial score (nSPS) is 18.9. The number of anilines is 1. The Hall–Kier alpha value is -1.73. The molecule has 1 aliphatic rings. The molecule has 2 rings (SSSR count). The first-order chi connectivity index (χ1) is 9.74. The fraction of sp³-hybridized carbons (Fsp3) is 0.615. The van der Waals surface area contributed by atoms with Crippen molar-refractivity contribution < 1.29 is 9.53 Å². The number of aromatic nitrogens is 2. The smallest absolute Gasteiger partial charge is 0.274 e. The molecular weight excluding hydrogens is 258 g/mol. The Morgan fingerprint density at radius 1 is 1.60 bits per heavy atom. The van der Waals surface area contributed by atoms with E-state index in [2.05, 4.69) is 22.3 Å². The van der Waals surface area contributed by atoms with E-state index in [9.17, 15) is 4.79 Å². The van der Waals surface area contributed by atoms with Crippen LogP contribution in [0.25, 0.3) is 0 Å². The second kappa shape index (κ2) is 7.16. The Bertz CT molecular complexity index is 454. The molecule has 1 atom stereocenters. The molecule has 7 nitrogen and oxygen atoms in total. The van der Waals surface area contributed by atoms with Crippen LogP contribution < -0.4 is 11.3 Å². The summed E-state index contributed by atoms with van der Waals surface area (Å²) in [5.41, 5.74) is 2.70. The van der Waals surface area contributed by atoms with Crippen LogP contribution >= 0.6 is 0 Å². The van der Waals surface area contributed by atoms with E-state index in [0.29, 0.717) is 18.1 Å². The molecule has 1 aliphatic heterocycles. The lowest BCUT2D eigenvalue weighted by Crippen LogP contribution is -2.43. The molecule has 1 saturated heterocycles. The van der Waals surface area contributed by atoms with E-state index in [1.807, 2.05) is 0 Å². The van der Waals surface area contributed by atoms with Gasteiger partial charge in [0.2, 0.25) is 0 Å². The van der Waals surface area contributed by atoms with Crippen molar-refractivity contribution in [3.8, 4) is 0 Å². The number of nitrogens with zero attached hydrogens (tertiary/aromatic N) is 3. The number of amides is 1.